The van der Waals surface area contributed by atoms with Crippen LogP contribution >= 0.6 is 0 Å². The molecule has 8 heteroatoms. The summed E-state index contributed by atoms with van der Waals surface area (Å²) >= 11 is 0. The van der Waals surface area contributed by atoms with E-state index in [1.54, 1.807) is 24.4 Å². The number of aromatic nitrogens is 2. The Hall–Kier alpha value is -1.64. The van der Waals surface area contributed by atoms with Crippen molar-refractivity contribution in [3.05, 3.63) is 24.4 Å². The molecule has 2 aromatic rings. The van der Waals surface area contributed by atoms with Gasteiger partial charge in [0, 0.05) is 19.3 Å². The highest BCUT2D eigenvalue weighted by atomic mass is 32.2. The molecule has 0 unspecified atom stereocenters. The van der Waals surface area contributed by atoms with Crippen molar-refractivity contribution in [1.82, 2.24) is 13.7 Å². The second kappa shape index (κ2) is 4.48. The van der Waals surface area contributed by atoms with Crippen molar-refractivity contribution in [2.75, 3.05) is 32.0 Å². The van der Waals surface area contributed by atoms with Crippen molar-refractivity contribution in [2.45, 2.75) is 5.03 Å². The Balaban J connectivity index is 2.15. The molecule has 2 N–H and O–H groups in total. The first-order valence-electron chi connectivity index (χ1n) is 5.91. The molecule has 0 spiro atoms. The molecule has 1 aliphatic rings. The summed E-state index contributed by atoms with van der Waals surface area (Å²) in [5.41, 5.74) is 6.30. The van der Waals surface area contributed by atoms with Gasteiger partial charge in [-0.15, -0.1) is 0 Å². The molecular weight excluding hydrogens is 268 g/mol. The quantitative estimate of drug-likeness (QED) is 0.833. The van der Waals surface area contributed by atoms with E-state index >= 15 is 0 Å². The summed E-state index contributed by atoms with van der Waals surface area (Å²) < 4.78 is 33.3. The summed E-state index contributed by atoms with van der Waals surface area (Å²) in [6.07, 6.45) is 1.64. The monoisotopic (exact) mass is 282 g/mol. The van der Waals surface area contributed by atoms with Gasteiger partial charge in [-0.1, -0.05) is 6.07 Å². The van der Waals surface area contributed by atoms with Gasteiger partial charge in [-0.05, 0) is 12.1 Å². The van der Waals surface area contributed by atoms with Crippen LogP contribution in [0.4, 0.5) is 5.82 Å². The van der Waals surface area contributed by atoms with Gasteiger partial charge in [-0.2, -0.15) is 4.31 Å². The summed E-state index contributed by atoms with van der Waals surface area (Å²) in [7, 11) is -3.65. The van der Waals surface area contributed by atoms with Crippen molar-refractivity contribution < 1.29 is 13.2 Å². The fourth-order valence-electron chi connectivity index (χ4n) is 2.16. The number of hydrogen-bond donors (Lipinski definition) is 1. The van der Waals surface area contributed by atoms with E-state index in [1.807, 2.05) is 0 Å². The SMILES string of the molecule is Nc1nc2ccccn2c1S(=O)(=O)N1CCOCC1. The zero-order chi connectivity index (χ0) is 13.5. The second-order valence-electron chi connectivity index (χ2n) is 4.25. The maximum atomic E-state index is 12.6. The third-order valence-electron chi connectivity index (χ3n) is 3.07. The van der Waals surface area contributed by atoms with E-state index in [0.29, 0.717) is 32.0 Å². The van der Waals surface area contributed by atoms with Crippen molar-refractivity contribution in [3.8, 4) is 0 Å². The summed E-state index contributed by atoms with van der Waals surface area (Å²) in [5, 5.41) is 0.0324. The maximum absolute atomic E-state index is 12.6. The van der Waals surface area contributed by atoms with Crippen LogP contribution in [-0.2, 0) is 14.8 Å². The largest absolute Gasteiger partial charge is 0.381 e. The molecule has 0 bridgehead atoms. The minimum absolute atomic E-state index is 0.0256. The highest BCUT2D eigenvalue weighted by molar-refractivity contribution is 7.89. The van der Waals surface area contributed by atoms with E-state index in [1.165, 1.54) is 8.71 Å². The zero-order valence-corrected chi connectivity index (χ0v) is 11.0. The van der Waals surface area contributed by atoms with Crippen LogP contribution in [0.15, 0.2) is 29.4 Å². The molecule has 0 aromatic carbocycles. The van der Waals surface area contributed by atoms with Crippen LogP contribution in [-0.4, -0.2) is 48.4 Å². The number of pyridine rings is 1. The summed E-state index contributed by atoms with van der Waals surface area (Å²) in [6, 6.07) is 5.24. The molecule has 0 amide bonds. The van der Waals surface area contributed by atoms with Gasteiger partial charge in [-0.3, -0.25) is 4.40 Å². The van der Waals surface area contributed by atoms with E-state index in [9.17, 15) is 8.42 Å². The number of ether oxygens (including phenoxy) is 1. The molecule has 1 aliphatic heterocycles. The Morgan fingerprint density at radius 1 is 1.26 bits per heavy atom. The van der Waals surface area contributed by atoms with Crippen molar-refractivity contribution in [3.63, 3.8) is 0 Å². The fourth-order valence-corrected chi connectivity index (χ4v) is 3.74. The Labute approximate surface area is 110 Å². The minimum Gasteiger partial charge on any atom is -0.381 e. The van der Waals surface area contributed by atoms with Crippen molar-refractivity contribution in [1.29, 1.82) is 0 Å². The van der Waals surface area contributed by atoms with E-state index < -0.39 is 10.0 Å². The van der Waals surface area contributed by atoms with Crippen LogP contribution in [0.25, 0.3) is 5.65 Å². The van der Waals surface area contributed by atoms with Gasteiger partial charge in [-0.25, -0.2) is 13.4 Å². The number of fused-ring (bicyclic) bond motifs is 1. The number of imidazole rings is 1. The lowest BCUT2D eigenvalue weighted by atomic mass is 10.5. The molecule has 0 atom stereocenters. The molecule has 0 radical (unpaired) electrons. The van der Waals surface area contributed by atoms with Crippen LogP contribution in [0.1, 0.15) is 0 Å². The number of nitrogen functional groups attached to an aromatic ring is 1. The maximum Gasteiger partial charge on any atom is 0.263 e. The molecule has 2 aromatic heterocycles. The third kappa shape index (κ3) is 1.97. The lowest BCUT2D eigenvalue weighted by Crippen LogP contribution is -2.41. The van der Waals surface area contributed by atoms with Gasteiger partial charge in [0.05, 0.1) is 13.2 Å². The van der Waals surface area contributed by atoms with E-state index in [-0.39, 0.29) is 10.8 Å². The van der Waals surface area contributed by atoms with Gasteiger partial charge in [0.1, 0.15) is 5.65 Å². The first-order valence-corrected chi connectivity index (χ1v) is 7.35. The van der Waals surface area contributed by atoms with Gasteiger partial charge < -0.3 is 10.5 Å². The lowest BCUT2D eigenvalue weighted by Gasteiger charge is -2.25. The molecule has 1 fully saturated rings. The van der Waals surface area contributed by atoms with Crippen LogP contribution in [0.3, 0.4) is 0 Å². The average Bonchev–Trinajstić information content (AvgIpc) is 2.76. The van der Waals surface area contributed by atoms with Gasteiger partial charge in [0.15, 0.2) is 10.8 Å². The fraction of sp³-hybridized carbons (Fsp3) is 0.364. The number of sulfonamides is 1. The third-order valence-corrected chi connectivity index (χ3v) is 5.01. The van der Waals surface area contributed by atoms with E-state index in [2.05, 4.69) is 4.98 Å². The number of hydrogen-bond acceptors (Lipinski definition) is 5. The summed E-state index contributed by atoms with van der Waals surface area (Å²) in [6.45, 7) is 1.47. The number of nitrogens with zero attached hydrogens (tertiary/aromatic N) is 3. The summed E-state index contributed by atoms with van der Waals surface area (Å²) in [4.78, 5) is 4.08. The predicted octanol–water partition coefficient (Wildman–Crippen LogP) is -0.0626. The molecule has 1 saturated heterocycles. The van der Waals surface area contributed by atoms with Crippen LogP contribution in [0.2, 0.25) is 0 Å². The number of morpholine rings is 1. The topological polar surface area (TPSA) is 89.9 Å². The molecule has 0 aliphatic carbocycles. The average molecular weight is 282 g/mol. The Bertz CT molecular complexity index is 704. The van der Waals surface area contributed by atoms with Gasteiger partial charge in [0.2, 0.25) is 0 Å². The number of anilines is 1. The smallest absolute Gasteiger partial charge is 0.263 e. The Kier molecular flexibility index (Phi) is 2.92. The van der Waals surface area contributed by atoms with Crippen molar-refractivity contribution in [2.24, 2.45) is 0 Å². The van der Waals surface area contributed by atoms with Crippen molar-refractivity contribution >= 4 is 21.5 Å². The molecule has 0 saturated carbocycles. The van der Waals surface area contributed by atoms with Gasteiger partial charge >= 0.3 is 0 Å². The van der Waals surface area contributed by atoms with E-state index in [0.717, 1.165) is 0 Å². The summed E-state index contributed by atoms with van der Waals surface area (Å²) in [5.74, 6) is 0.0256. The Morgan fingerprint density at radius 3 is 2.74 bits per heavy atom. The van der Waals surface area contributed by atoms with E-state index in [4.69, 9.17) is 10.5 Å². The van der Waals surface area contributed by atoms with Crippen LogP contribution in [0.5, 0.6) is 0 Å². The van der Waals surface area contributed by atoms with Gasteiger partial charge in [0.25, 0.3) is 10.0 Å². The van der Waals surface area contributed by atoms with Crippen LogP contribution < -0.4 is 5.73 Å². The normalized spacial score (nSPS) is 17.9. The molecule has 7 nitrogen and oxygen atoms in total. The first kappa shape index (κ1) is 12.4. The van der Waals surface area contributed by atoms with Crippen LogP contribution in [0, 0.1) is 0 Å². The molecule has 3 heterocycles. The highest BCUT2D eigenvalue weighted by Gasteiger charge is 2.31. The lowest BCUT2D eigenvalue weighted by molar-refractivity contribution is 0.0729. The highest BCUT2D eigenvalue weighted by Crippen LogP contribution is 2.24. The molecule has 3 rings (SSSR count). The standard InChI is InChI=1S/C11H14N4O3S/c12-10-11(15-4-2-1-3-9(15)13-10)19(16,17)14-5-7-18-8-6-14/h1-4H,5-8,12H2. The molecule has 102 valence electrons. The minimum atomic E-state index is -3.65. The number of rotatable bonds is 2. The second-order valence-corrected chi connectivity index (χ2v) is 6.10. The Morgan fingerprint density at radius 2 is 2.00 bits per heavy atom. The molecule has 19 heavy (non-hydrogen) atoms. The molecular formula is C11H14N4O3S. The number of nitrogens with two attached hydrogens (primary N) is 1. The zero-order valence-electron chi connectivity index (χ0n) is 10.2. The predicted molar refractivity (Wildman–Crippen MR) is 69.2 cm³/mol. The first-order chi connectivity index (χ1) is 9.10.